The summed E-state index contributed by atoms with van der Waals surface area (Å²) in [5.41, 5.74) is 1.14. The molecule has 0 amide bonds. The Morgan fingerprint density at radius 1 is 1.06 bits per heavy atom. The van der Waals surface area contributed by atoms with Gasteiger partial charge in [0.2, 0.25) is 0 Å². The predicted molar refractivity (Wildman–Crippen MR) is 78.6 cm³/mol. The Morgan fingerprint density at radius 3 is 2.67 bits per heavy atom. The number of ether oxygens (including phenoxy) is 1. The van der Waals surface area contributed by atoms with Crippen molar-refractivity contribution in [3.8, 4) is 5.75 Å². The summed E-state index contributed by atoms with van der Waals surface area (Å²) in [6.45, 7) is 1.46. The van der Waals surface area contributed by atoms with Gasteiger partial charge in [-0.25, -0.2) is 0 Å². The number of para-hydroxylation sites is 1. The van der Waals surface area contributed by atoms with Crippen LogP contribution in [0.4, 0.5) is 5.69 Å². The van der Waals surface area contributed by atoms with Gasteiger partial charge in [-0.3, -0.25) is 0 Å². The molecule has 2 nitrogen and oxygen atoms in total. The molecule has 0 heterocycles. The van der Waals surface area contributed by atoms with E-state index in [1.807, 2.05) is 30.3 Å². The number of nitrogens with one attached hydrogen (secondary N) is 1. The highest BCUT2D eigenvalue weighted by atomic mass is 32.2. The first kappa shape index (κ1) is 12.8. The maximum atomic E-state index is 5.62. The van der Waals surface area contributed by atoms with E-state index in [-0.39, 0.29) is 0 Å². The Kier molecular flexibility index (Phi) is 4.97. The van der Waals surface area contributed by atoms with Crippen molar-refractivity contribution < 1.29 is 4.74 Å². The standard InChI is InChI=1S/C15H17NOS/c1-18-15-9-5-6-13(12-15)16-10-11-17-14-7-3-2-4-8-14/h2-9,12,16H,10-11H2,1H3. The maximum Gasteiger partial charge on any atom is 0.119 e. The molecule has 94 valence electrons. The summed E-state index contributed by atoms with van der Waals surface area (Å²) in [6.07, 6.45) is 2.08. The Balaban J connectivity index is 1.75. The van der Waals surface area contributed by atoms with E-state index in [1.54, 1.807) is 11.8 Å². The first-order valence-electron chi connectivity index (χ1n) is 5.94. The molecule has 0 saturated heterocycles. The molecule has 0 atom stereocenters. The molecule has 0 saturated carbocycles. The smallest absolute Gasteiger partial charge is 0.119 e. The minimum absolute atomic E-state index is 0.660. The fourth-order valence-electron chi connectivity index (χ4n) is 1.61. The van der Waals surface area contributed by atoms with Crippen LogP contribution in [-0.4, -0.2) is 19.4 Å². The van der Waals surface area contributed by atoms with Crippen molar-refractivity contribution >= 4 is 17.4 Å². The van der Waals surface area contributed by atoms with E-state index in [4.69, 9.17) is 4.74 Å². The average molecular weight is 259 g/mol. The lowest BCUT2D eigenvalue weighted by Crippen LogP contribution is -2.11. The zero-order valence-electron chi connectivity index (χ0n) is 10.4. The monoisotopic (exact) mass is 259 g/mol. The lowest BCUT2D eigenvalue weighted by Gasteiger charge is -2.09. The van der Waals surface area contributed by atoms with Crippen LogP contribution < -0.4 is 10.1 Å². The van der Waals surface area contributed by atoms with E-state index in [2.05, 4.69) is 35.8 Å². The van der Waals surface area contributed by atoms with Gasteiger partial charge in [-0.15, -0.1) is 11.8 Å². The molecule has 0 fully saturated rings. The Labute approximate surface area is 112 Å². The summed E-state index contributed by atoms with van der Waals surface area (Å²) in [6, 6.07) is 18.3. The van der Waals surface area contributed by atoms with E-state index in [0.717, 1.165) is 18.0 Å². The van der Waals surface area contributed by atoms with Crippen molar-refractivity contribution in [2.45, 2.75) is 4.90 Å². The van der Waals surface area contributed by atoms with Gasteiger partial charge in [-0.2, -0.15) is 0 Å². The fraction of sp³-hybridized carbons (Fsp3) is 0.200. The number of hydrogen-bond acceptors (Lipinski definition) is 3. The highest BCUT2D eigenvalue weighted by molar-refractivity contribution is 7.98. The van der Waals surface area contributed by atoms with Gasteiger partial charge in [-0.05, 0) is 36.6 Å². The first-order chi connectivity index (χ1) is 8.88. The van der Waals surface area contributed by atoms with Crippen LogP contribution in [0.25, 0.3) is 0 Å². The molecule has 0 bridgehead atoms. The van der Waals surface area contributed by atoms with Gasteiger partial charge in [0.05, 0.1) is 0 Å². The topological polar surface area (TPSA) is 21.3 Å². The van der Waals surface area contributed by atoms with Crippen molar-refractivity contribution in [3.05, 3.63) is 54.6 Å². The fourth-order valence-corrected chi connectivity index (χ4v) is 2.07. The molecule has 0 aliphatic heterocycles. The predicted octanol–water partition coefficient (Wildman–Crippen LogP) is 3.90. The van der Waals surface area contributed by atoms with Gasteiger partial charge in [0.1, 0.15) is 12.4 Å². The summed E-state index contributed by atoms with van der Waals surface area (Å²) in [7, 11) is 0. The quantitative estimate of drug-likeness (QED) is 0.628. The lowest BCUT2D eigenvalue weighted by molar-refractivity contribution is 0.333. The minimum Gasteiger partial charge on any atom is -0.492 e. The van der Waals surface area contributed by atoms with Crippen LogP contribution in [0.1, 0.15) is 0 Å². The number of hydrogen-bond donors (Lipinski definition) is 1. The molecule has 0 radical (unpaired) electrons. The number of thioether (sulfide) groups is 1. The third-order valence-corrected chi connectivity index (χ3v) is 3.24. The maximum absolute atomic E-state index is 5.62. The number of anilines is 1. The summed E-state index contributed by atoms with van der Waals surface area (Å²) in [4.78, 5) is 1.27. The summed E-state index contributed by atoms with van der Waals surface area (Å²) in [5.74, 6) is 0.914. The molecule has 3 heteroatoms. The van der Waals surface area contributed by atoms with Gasteiger partial charge in [-0.1, -0.05) is 24.3 Å². The number of rotatable bonds is 6. The molecule has 2 rings (SSSR count). The Morgan fingerprint density at radius 2 is 1.89 bits per heavy atom. The third kappa shape index (κ3) is 4.00. The van der Waals surface area contributed by atoms with Crippen molar-refractivity contribution in [2.75, 3.05) is 24.7 Å². The molecule has 2 aromatic rings. The zero-order chi connectivity index (χ0) is 12.6. The molecule has 0 aliphatic rings. The molecule has 0 unspecified atom stereocenters. The van der Waals surface area contributed by atoms with Crippen molar-refractivity contribution in [1.29, 1.82) is 0 Å². The molecular weight excluding hydrogens is 242 g/mol. The zero-order valence-corrected chi connectivity index (χ0v) is 11.2. The summed E-state index contributed by atoms with van der Waals surface area (Å²) >= 11 is 1.75. The lowest BCUT2D eigenvalue weighted by atomic mass is 10.3. The van der Waals surface area contributed by atoms with Gasteiger partial charge < -0.3 is 10.1 Å². The first-order valence-corrected chi connectivity index (χ1v) is 7.17. The Hall–Kier alpha value is -1.61. The summed E-state index contributed by atoms with van der Waals surface area (Å²) < 4.78 is 5.62. The van der Waals surface area contributed by atoms with E-state index in [1.165, 1.54) is 4.90 Å². The Bertz CT molecular complexity index is 473. The molecule has 1 N–H and O–H groups in total. The van der Waals surface area contributed by atoms with E-state index in [0.29, 0.717) is 6.61 Å². The largest absolute Gasteiger partial charge is 0.492 e. The van der Waals surface area contributed by atoms with Crippen molar-refractivity contribution in [1.82, 2.24) is 0 Å². The SMILES string of the molecule is CSc1cccc(NCCOc2ccccc2)c1. The van der Waals surface area contributed by atoms with E-state index < -0.39 is 0 Å². The number of benzene rings is 2. The normalized spacial score (nSPS) is 10.1. The van der Waals surface area contributed by atoms with Gasteiger partial charge in [0, 0.05) is 17.1 Å². The molecule has 0 spiro atoms. The van der Waals surface area contributed by atoms with E-state index in [9.17, 15) is 0 Å². The van der Waals surface area contributed by atoms with Crippen LogP contribution in [0.2, 0.25) is 0 Å². The van der Waals surface area contributed by atoms with Crippen molar-refractivity contribution in [2.24, 2.45) is 0 Å². The molecule has 0 aromatic heterocycles. The van der Waals surface area contributed by atoms with Crippen LogP contribution in [-0.2, 0) is 0 Å². The van der Waals surface area contributed by atoms with Crippen LogP contribution in [0, 0.1) is 0 Å². The van der Waals surface area contributed by atoms with Gasteiger partial charge in [0.25, 0.3) is 0 Å². The second-order valence-corrected chi connectivity index (χ2v) is 4.70. The van der Waals surface area contributed by atoms with Crippen LogP contribution in [0.5, 0.6) is 5.75 Å². The van der Waals surface area contributed by atoms with Gasteiger partial charge >= 0.3 is 0 Å². The molecule has 2 aromatic carbocycles. The highest BCUT2D eigenvalue weighted by Gasteiger charge is 1.95. The molecule has 0 aliphatic carbocycles. The van der Waals surface area contributed by atoms with Crippen LogP contribution in [0.3, 0.4) is 0 Å². The summed E-state index contributed by atoms with van der Waals surface area (Å²) in [5, 5.41) is 3.35. The molecular formula is C15H17NOS. The van der Waals surface area contributed by atoms with Crippen LogP contribution in [0.15, 0.2) is 59.5 Å². The second kappa shape index (κ2) is 6.97. The van der Waals surface area contributed by atoms with Gasteiger partial charge in [0.15, 0.2) is 0 Å². The van der Waals surface area contributed by atoms with Crippen LogP contribution >= 0.6 is 11.8 Å². The second-order valence-electron chi connectivity index (χ2n) is 3.82. The third-order valence-electron chi connectivity index (χ3n) is 2.51. The average Bonchev–Trinajstić information content (AvgIpc) is 2.45. The minimum atomic E-state index is 0.660. The van der Waals surface area contributed by atoms with E-state index >= 15 is 0 Å². The highest BCUT2D eigenvalue weighted by Crippen LogP contribution is 2.18. The molecule has 18 heavy (non-hydrogen) atoms. The van der Waals surface area contributed by atoms with Crippen molar-refractivity contribution in [3.63, 3.8) is 0 Å².